The Morgan fingerprint density at radius 3 is 2.41 bits per heavy atom. The van der Waals surface area contributed by atoms with Gasteiger partial charge in [0.15, 0.2) is 0 Å². The molecule has 1 N–H and O–H groups in total. The largest absolute Gasteiger partial charge is 0.339 e. The molecular weight excluding hydrogens is 214 g/mol. The van der Waals surface area contributed by atoms with Gasteiger partial charge in [-0.25, -0.2) is 0 Å². The van der Waals surface area contributed by atoms with Crippen molar-refractivity contribution in [2.24, 2.45) is 0 Å². The Morgan fingerprint density at radius 1 is 1.18 bits per heavy atom. The van der Waals surface area contributed by atoms with Crippen molar-refractivity contribution in [2.45, 2.75) is 38.6 Å². The van der Waals surface area contributed by atoms with Gasteiger partial charge in [-0.1, -0.05) is 19.8 Å². The zero-order valence-electron chi connectivity index (χ0n) is 11.0. The predicted octanol–water partition coefficient (Wildman–Crippen LogP) is 0.683. The highest BCUT2D eigenvalue weighted by Gasteiger charge is 2.27. The van der Waals surface area contributed by atoms with E-state index in [-0.39, 0.29) is 5.91 Å². The summed E-state index contributed by atoms with van der Waals surface area (Å²) in [5.41, 5.74) is 0. The molecule has 1 heterocycles. The maximum atomic E-state index is 11.8. The van der Waals surface area contributed by atoms with Crippen molar-refractivity contribution in [3.8, 4) is 0 Å². The van der Waals surface area contributed by atoms with Crippen LogP contribution in [0.25, 0.3) is 0 Å². The van der Waals surface area contributed by atoms with E-state index in [0.29, 0.717) is 6.54 Å². The van der Waals surface area contributed by atoms with E-state index >= 15 is 0 Å². The fourth-order valence-corrected chi connectivity index (χ4v) is 2.95. The number of piperazine rings is 1. The summed E-state index contributed by atoms with van der Waals surface area (Å²) in [4.78, 5) is 16.4. The summed E-state index contributed by atoms with van der Waals surface area (Å²) in [6.07, 6.45) is 5.52. The molecule has 0 aromatic heterocycles. The van der Waals surface area contributed by atoms with E-state index in [9.17, 15) is 4.79 Å². The molecule has 0 atom stereocenters. The minimum atomic E-state index is 0.262. The third kappa shape index (κ3) is 3.42. The fourth-order valence-electron chi connectivity index (χ4n) is 2.95. The van der Waals surface area contributed by atoms with E-state index in [1.54, 1.807) is 0 Å². The van der Waals surface area contributed by atoms with Crippen molar-refractivity contribution in [1.29, 1.82) is 0 Å². The Bertz CT molecular complexity index is 243. The molecule has 1 aliphatic carbocycles. The monoisotopic (exact) mass is 239 g/mol. The molecule has 98 valence electrons. The van der Waals surface area contributed by atoms with Gasteiger partial charge in [0.25, 0.3) is 0 Å². The Hall–Kier alpha value is -0.610. The lowest BCUT2D eigenvalue weighted by Crippen LogP contribution is -2.52. The molecule has 0 aromatic rings. The van der Waals surface area contributed by atoms with Gasteiger partial charge >= 0.3 is 0 Å². The molecule has 2 aliphatic rings. The van der Waals surface area contributed by atoms with Gasteiger partial charge in [-0.05, 0) is 19.4 Å². The second-order valence-electron chi connectivity index (χ2n) is 5.14. The van der Waals surface area contributed by atoms with Crippen LogP contribution in [0.4, 0.5) is 0 Å². The lowest BCUT2D eigenvalue weighted by Gasteiger charge is -2.38. The van der Waals surface area contributed by atoms with Gasteiger partial charge in [0.2, 0.25) is 5.91 Å². The first-order valence-corrected chi connectivity index (χ1v) is 7.04. The normalized spacial score (nSPS) is 23.2. The highest BCUT2D eigenvalue weighted by Crippen LogP contribution is 2.24. The summed E-state index contributed by atoms with van der Waals surface area (Å²) < 4.78 is 0. The first-order valence-electron chi connectivity index (χ1n) is 7.04. The second-order valence-corrected chi connectivity index (χ2v) is 5.14. The zero-order chi connectivity index (χ0) is 12.1. The van der Waals surface area contributed by atoms with Gasteiger partial charge in [-0.3, -0.25) is 9.69 Å². The summed E-state index contributed by atoms with van der Waals surface area (Å²) in [5.74, 6) is 0.262. The Labute approximate surface area is 104 Å². The van der Waals surface area contributed by atoms with Gasteiger partial charge in [-0.2, -0.15) is 0 Å². The summed E-state index contributed by atoms with van der Waals surface area (Å²) in [6, 6.07) is 0.806. The maximum Gasteiger partial charge on any atom is 0.236 e. The molecule has 0 spiro atoms. The predicted molar refractivity (Wildman–Crippen MR) is 69.0 cm³/mol. The summed E-state index contributed by atoms with van der Waals surface area (Å²) in [6.45, 7) is 7.38. The number of carbonyl (C=O) groups is 1. The van der Waals surface area contributed by atoms with E-state index < -0.39 is 0 Å². The number of nitrogens with one attached hydrogen (secondary N) is 1. The third-order valence-electron chi connectivity index (χ3n) is 4.03. The number of carbonyl (C=O) groups excluding carboxylic acids is 1. The van der Waals surface area contributed by atoms with Crippen molar-refractivity contribution >= 4 is 5.91 Å². The van der Waals surface area contributed by atoms with Crippen LogP contribution in [0.15, 0.2) is 0 Å². The van der Waals surface area contributed by atoms with Crippen molar-refractivity contribution in [2.75, 3.05) is 39.3 Å². The number of hydrogen-bond donors (Lipinski definition) is 1. The van der Waals surface area contributed by atoms with Gasteiger partial charge in [0.05, 0.1) is 6.54 Å². The van der Waals surface area contributed by atoms with Gasteiger partial charge < -0.3 is 10.2 Å². The standard InChI is InChI=1S/C13H25N3O/c1-2-14-11-13(17)16-9-7-15(8-10-16)12-5-3-4-6-12/h12,14H,2-11H2,1H3. The SMILES string of the molecule is CCNCC(=O)N1CCN(C2CCCC2)CC1. The average molecular weight is 239 g/mol. The Morgan fingerprint density at radius 2 is 1.82 bits per heavy atom. The minimum absolute atomic E-state index is 0.262. The molecular formula is C13H25N3O. The Kier molecular flexibility index (Phi) is 4.80. The van der Waals surface area contributed by atoms with Crippen LogP contribution >= 0.6 is 0 Å². The van der Waals surface area contributed by atoms with Crippen LogP contribution in [0.3, 0.4) is 0 Å². The molecule has 0 aromatic carbocycles. The molecule has 1 amide bonds. The molecule has 1 aliphatic heterocycles. The smallest absolute Gasteiger partial charge is 0.236 e. The number of hydrogen-bond acceptors (Lipinski definition) is 3. The molecule has 2 fully saturated rings. The zero-order valence-corrected chi connectivity index (χ0v) is 11.0. The molecule has 0 unspecified atom stereocenters. The van der Waals surface area contributed by atoms with Crippen LogP contribution < -0.4 is 5.32 Å². The lowest BCUT2D eigenvalue weighted by molar-refractivity contribution is -0.132. The summed E-state index contributed by atoms with van der Waals surface area (Å²) in [5, 5.41) is 3.11. The summed E-state index contributed by atoms with van der Waals surface area (Å²) in [7, 11) is 0. The molecule has 0 bridgehead atoms. The first kappa shape index (κ1) is 12.8. The number of amides is 1. The van der Waals surface area contributed by atoms with Crippen molar-refractivity contribution in [1.82, 2.24) is 15.1 Å². The topological polar surface area (TPSA) is 35.6 Å². The van der Waals surface area contributed by atoms with Crippen LogP contribution in [0.2, 0.25) is 0 Å². The van der Waals surface area contributed by atoms with Gasteiger partial charge in [0.1, 0.15) is 0 Å². The van der Waals surface area contributed by atoms with Gasteiger partial charge in [-0.15, -0.1) is 0 Å². The van der Waals surface area contributed by atoms with Crippen molar-refractivity contribution < 1.29 is 4.79 Å². The van der Waals surface area contributed by atoms with E-state index in [2.05, 4.69) is 10.2 Å². The molecule has 1 saturated carbocycles. The van der Waals surface area contributed by atoms with E-state index in [4.69, 9.17) is 0 Å². The quantitative estimate of drug-likeness (QED) is 0.784. The molecule has 1 saturated heterocycles. The van der Waals surface area contributed by atoms with E-state index in [0.717, 1.165) is 38.8 Å². The van der Waals surface area contributed by atoms with Crippen LogP contribution in [0, 0.1) is 0 Å². The van der Waals surface area contributed by atoms with Crippen LogP contribution in [0.1, 0.15) is 32.6 Å². The average Bonchev–Trinajstić information content (AvgIpc) is 2.90. The highest BCUT2D eigenvalue weighted by atomic mass is 16.2. The Balaban J connectivity index is 1.71. The van der Waals surface area contributed by atoms with Crippen LogP contribution in [0.5, 0.6) is 0 Å². The number of nitrogens with zero attached hydrogens (tertiary/aromatic N) is 2. The van der Waals surface area contributed by atoms with Crippen LogP contribution in [-0.2, 0) is 4.79 Å². The first-order chi connectivity index (χ1) is 8.31. The van der Waals surface area contributed by atoms with E-state index in [1.807, 2.05) is 11.8 Å². The minimum Gasteiger partial charge on any atom is -0.339 e. The molecule has 17 heavy (non-hydrogen) atoms. The molecule has 4 heteroatoms. The summed E-state index contributed by atoms with van der Waals surface area (Å²) >= 11 is 0. The van der Waals surface area contributed by atoms with Gasteiger partial charge in [0, 0.05) is 32.2 Å². The fraction of sp³-hybridized carbons (Fsp3) is 0.923. The van der Waals surface area contributed by atoms with Crippen molar-refractivity contribution in [3.63, 3.8) is 0 Å². The highest BCUT2D eigenvalue weighted by molar-refractivity contribution is 5.78. The maximum absolute atomic E-state index is 11.8. The van der Waals surface area contributed by atoms with E-state index in [1.165, 1.54) is 25.7 Å². The van der Waals surface area contributed by atoms with Crippen molar-refractivity contribution in [3.05, 3.63) is 0 Å². The lowest BCUT2D eigenvalue weighted by atomic mass is 10.2. The second kappa shape index (κ2) is 6.36. The van der Waals surface area contributed by atoms with Crippen LogP contribution in [-0.4, -0.2) is 61.0 Å². The number of rotatable bonds is 4. The molecule has 0 radical (unpaired) electrons. The number of likely N-dealkylation sites (N-methyl/N-ethyl adjacent to an activating group) is 1. The molecule has 2 rings (SSSR count). The third-order valence-corrected chi connectivity index (χ3v) is 4.03. The molecule has 4 nitrogen and oxygen atoms in total.